The maximum Gasteiger partial charge on any atom is 0.243 e. The van der Waals surface area contributed by atoms with Gasteiger partial charge in [-0.25, -0.2) is 8.42 Å². The highest BCUT2D eigenvalue weighted by molar-refractivity contribution is 8.01. The van der Waals surface area contributed by atoms with Crippen LogP contribution in [0.1, 0.15) is 6.42 Å². The number of sulfonamides is 1. The zero-order chi connectivity index (χ0) is 15.1. The first-order valence-corrected chi connectivity index (χ1v) is 9.23. The van der Waals surface area contributed by atoms with Crippen LogP contribution >= 0.6 is 11.8 Å². The molecule has 1 unspecified atom stereocenters. The van der Waals surface area contributed by atoms with E-state index in [-0.39, 0.29) is 10.9 Å². The summed E-state index contributed by atoms with van der Waals surface area (Å²) >= 11 is 1.83. The quantitative estimate of drug-likeness (QED) is 0.840. The molecule has 1 atom stereocenters. The van der Waals surface area contributed by atoms with Crippen molar-refractivity contribution in [3.8, 4) is 5.75 Å². The number of hydrogen-bond donors (Lipinski definition) is 0. The van der Waals surface area contributed by atoms with E-state index in [0.717, 1.165) is 12.2 Å². The summed E-state index contributed by atoms with van der Waals surface area (Å²) in [5, 5.41) is 0. The Kier molecular flexibility index (Phi) is 3.94. The molecule has 0 N–H and O–H groups in total. The molecule has 2 heterocycles. The second-order valence-electron chi connectivity index (χ2n) is 5.51. The highest BCUT2D eigenvalue weighted by Crippen LogP contribution is 2.47. The molecule has 2 saturated heterocycles. The Labute approximate surface area is 129 Å². The van der Waals surface area contributed by atoms with Gasteiger partial charge in [-0.1, -0.05) is 6.07 Å². The molecule has 3 rings (SSSR count). The van der Waals surface area contributed by atoms with Crippen LogP contribution in [-0.2, 0) is 14.8 Å². The molecule has 0 saturated carbocycles. The SMILES string of the molecule is COc1cccc(S(=O)(=O)N2CC3(CC(OC)CS3)C2)c1. The molecule has 5 nitrogen and oxygen atoms in total. The number of nitrogens with zero attached hydrogens (tertiary/aromatic N) is 1. The third-order valence-electron chi connectivity index (χ3n) is 4.12. The van der Waals surface area contributed by atoms with Gasteiger partial charge in [0.15, 0.2) is 0 Å². The van der Waals surface area contributed by atoms with Gasteiger partial charge < -0.3 is 9.47 Å². The van der Waals surface area contributed by atoms with E-state index in [1.807, 2.05) is 11.8 Å². The summed E-state index contributed by atoms with van der Waals surface area (Å²) < 4.78 is 37.3. The highest BCUT2D eigenvalue weighted by Gasteiger charge is 2.53. The summed E-state index contributed by atoms with van der Waals surface area (Å²) in [6, 6.07) is 6.63. The Bertz CT molecular complexity index is 626. The van der Waals surface area contributed by atoms with Gasteiger partial charge in [-0.15, -0.1) is 11.8 Å². The number of methoxy groups -OCH3 is 2. The Hall–Kier alpha value is -0.760. The lowest BCUT2D eigenvalue weighted by Crippen LogP contribution is -2.60. The van der Waals surface area contributed by atoms with E-state index in [1.165, 1.54) is 7.11 Å². The summed E-state index contributed by atoms with van der Waals surface area (Å²) in [6.07, 6.45) is 1.18. The second-order valence-corrected chi connectivity index (χ2v) is 8.93. The van der Waals surface area contributed by atoms with Crippen molar-refractivity contribution >= 4 is 21.8 Å². The van der Waals surface area contributed by atoms with Crippen LogP contribution in [0.4, 0.5) is 0 Å². The summed E-state index contributed by atoms with van der Waals surface area (Å²) in [7, 11) is -0.175. The lowest BCUT2D eigenvalue weighted by Gasteiger charge is -2.46. The van der Waals surface area contributed by atoms with E-state index in [2.05, 4.69) is 0 Å². The Morgan fingerprint density at radius 2 is 2.10 bits per heavy atom. The van der Waals surface area contributed by atoms with Crippen molar-refractivity contribution in [1.29, 1.82) is 0 Å². The van der Waals surface area contributed by atoms with Gasteiger partial charge in [-0.3, -0.25) is 0 Å². The van der Waals surface area contributed by atoms with Crippen LogP contribution in [0.3, 0.4) is 0 Å². The molecule has 2 aliphatic heterocycles. The molecule has 1 spiro atoms. The molecule has 0 aromatic heterocycles. The van der Waals surface area contributed by atoms with E-state index in [4.69, 9.17) is 9.47 Å². The summed E-state index contributed by atoms with van der Waals surface area (Å²) in [5.41, 5.74) is 0. The highest BCUT2D eigenvalue weighted by atomic mass is 32.2. The fraction of sp³-hybridized carbons (Fsp3) is 0.571. The second kappa shape index (κ2) is 5.46. The van der Waals surface area contributed by atoms with Crippen LogP contribution in [0.5, 0.6) is 5.75 Å². The van der Waals surface area contributed by atoms with E-state index in [0.29, 0.717) is 23.7 Å². The molecular formula is C14H19NO4S2. The summed E-state index contributed by atoms with van der Waals surface area (Å²) in [4.78, 5) is 0.294. The zero-order valence-electron chi connectivity index (χ0n) is 12.1. The molecule has 1 aromatic carbocycles. The maximum absolute atomic E-state index is 12.6. The van der Waals surface area contributed by atoms with Crippen molar-refractivity contribution in [2.45, 2.75) is 22.2 Å². The van der Waals surface area contributed by atoms with E-state index >= 15 is 0 Å². The van der Waals surface area contributed by atoms with E-state index in [9.17, 15) is 8.42 Å². The number of ether oxygens (including phenoxy) is 2. The lowest BCUT2D eigenvalue weighted by atomic mass is 9.96. The molecule has 1 aromatic rings. The molecule has 7 heteroatoms. The van der Waals surface area contributed by atoms with Crippen molar-refractivity contribution in [2.75, 3.05) is 33.1 Å². The summed E-state index contributed by atoms with van der Waals surface area (Å²) in [5.74, 6) is 1.50. The van der Waals surface area contributed by atoms with Crippen LogP contribution in [0, 0.1) is 0 Å². The monoisotopic (exact) mass is 329 g/mol. The third kappa shape index (κ3) is 2.67. The number of benzene rings is 1. The Morgan fingerprint density at radius 3 is 2.71 bits per heavy atom. The number of thioether (sulfide) groups is 1. The predicted molar refractivity (Wildman–Crippen MR) is 82.4 cm³/mol. The van der Waals surface area contributed by atoms with E-state index < -0.39 is 10.0 Å². The average molecular weight is 329 g/mol. The molecule has 0 bridgehead atoms. The number of rotatable bonds is 4. The lowest BCUT2D eigenvalue weighted by molar-refractivity contribution is 0.0931. The zero-order valence-corrected chi connectivity index (χ0v) is 13.7. The first kappa shape index (κ1) is 15.1. The van der Waals surface area contributed by atoms with Crippen molar-refractivity contribution in [3.05, 3.63) is 24.3 Å². The van der Waals surface area contributed by atoms with Gasteiger partial charge in [0.05, 0.1) is 18.1 Å². The average Bonchev–Trinajstić information content (AvgIpc) is 2.90. The smallest absolute Gasteiger partial charge is 0.243 e. The molecule has 0 aliphatic carbocycles. The van der Waals surface area contributed by atoms with Crippen molar-refractivity contribution in [2.24, 2.45) is 0 Å². The molecular weight excluding hydrogens is 310 g/mol. The van der Waals surface area contributed by atoms with Crippen LogP contribution < -0.4 is 4.74 Å². The van der Waals surface area contributed by atoms with Gasteiger partial charge in [0.25, 0.3) is 0 Å². The van der Waals surface area contributed by atoms with Gasteiger partial charge in [0.1, 0.15) is 5.75 Å². The fourth-order valence-electron chi connectivity index (χ4n) is 2.85. The van der Waals surface area contributed by atoms with E-state index in [1.54, 1.807) is 35.7 Å². The molecule has 116 valence electrons. The third-order valence-corrected chi connectivity index (χ3v) is 7.48. The van der Waals surface area contributed by atoms with Gasteiger partial charge in [0.2, 0.25) is 10.0 Å². The predicted octanol–water partition coefficient (Wildman–Crippen LogP) is 1.59. The molecule has 21 heavy (non-hydrogen) atoms. The summed E-state index contributed by atoms with van der Waals surface area (Å²) in [6.45, 7) is 1.13. The van der Waals surface area contributed by atoms with Crippen molar-refractivity contribution in [1.82, 2.24) is 4.31 Å². The minimum Gasteiger partial charge on any atom is -0.497 e. The van der Waals surface area contributed by atoms with Crippen LogP contribution in [0.15, 0.2) is 29.2 Å². The maximum atomic E-state index is 12.6. The van der Waals surface area contributed by atoms with Crippen LogP contribution in [0.2, 0.25) is 0 Å². The topological polar surface area (TPSA) is 55.8 Å². The minimum atomic E-state index is -3.42. The first-order valence-electron chi connectivity index (χ1n) is 6.80. The largest absolute Gasteiger partial charge is 0.497 e. The Morgan fingerprint density at radius 1 is 1.33 bits per heavy atom. The Balaban J connectivity index is 1.73. The molecule has 0 radical (unpaired) electrons. The number of hydrogen-bond acceptors (Lipinski definition) is 5. The minimum absolute atomic E-state index is 0.0482. The molecule has 2 fully saturated rings. The van der Waals surface area contributed by atoms with Crippen molar-refractivity contribution in [3.63, 3.8) is 0 Å². The van der Waals surface area contributed by atoms with Gasteiger partial charge in [0, 0.05) is 36.8 Å². The van der Waals surface area contributed by atoms with Gasteiger partial charge in [-0.2, -0.15) is 4.31 Å². The van der Waals surface area contributed by atoms with Crippen molar-refractivity contribution < 1.29 is 17.9 Å². The molecule has 0 amide bonds. The van der Waals surface area contributed by atoms with Crippen LogP contribution in [0.25, 0.3) is 0 Å². The van der Waals surface area contributed by atoms with Gasteiger partial charge >= 0.3 is 0 Å². The molecule has 2 aliphatic rings. The van der Waals surface area contributed by atoms with Gasteiger partial charge in [-0.05, 0) is 18.6 Å². The normalized spacial score (nSPS) is 25.0. The first-order chi connectivity index (χ1) is 9.99. The standard InChI is InChI=1S/C14H19NO4S2/c1-18-11-4-3-5-13(6-11)21(16,17)15-9-14(10-15)7-12(19-2)8-20-14/h3-6,12H,7-10H2,1-2H3. The van der Waals surface area contributed by atoms with Crippen LogP contribution in [-0.4, -0.2) is 56.6 Å². The fourth-order valence-corrected chi connectivity index (χ4v) is 6.25.